The molecule has 0 saturated carbocycles. The summed E-state index contributed by atoms with van der Waals surface area (Å²) in [5.74, 6) is 0.735. The summed E-state index contributed by atoms with van der Waals surface area (Å²) in [6, 6.07) is 0. The van der Waals surface area contributed by atoms with E-state index in [1.54, 1.807) is 0 Å². The van der Waals surface area contributed by atoms with Crippen molar-refractivity contribution < 1.29 is 9.94 Å². The maximum Gasteiger partial charge on any atom is 0.245 e. The highest BCUT2D eigenvalue weighted by Gasteiger charge is 2.17. The maximum absolute atomic E-state index is 9.25. The first-order valence-electron chi connectivity index (χ1n) is 3.83. The van der Waals surface area contributed by atoms with Crippen LogP contribution in [0.1, 0.15) is 6.92 Å². The first kappa shape index (κ1) is 7.78. The van der Waals surface area contributed by atoms with Gasteiger partial charge in [-0.2, -0.15) is 9.71 Å². The van der Waals surface area contributed by atoms with Crippen LogP contribution in [0.15, 0.2) is 12.7 Å². The Morgan fingerprint density at radius 3 is 3.08 bits per heavy atom. The quantitative estimate of drug-likeness (QED) is 0.678. The lowest BCUT2D eigenvalue weighted by molar-refractivity contribution is 0.180. The van der Waals surface area contributed by atoms with Gasteiger partial charge < -0.3 is 9.94 Å². The Morgan fingerprint density at radius 1 is 1.46 bits per heavy atom. The fourth-order valence-electron chi connectivity index (χ4n) is 1.04. The van der Waals surface area contributed by atoms with Crippen LogP contribution in [0.2, 0.25) is 0 Å². The molecule has 0 amide bonds. The molecule has 0 aromatic heterocycles. The van der Waals surface area contributed by atoms with Crippen molar-refractivity contribution in [1.29, 1.82) is 0 Å². The van der Waals surface area contributed by atoms with E-state index in [-0.39, 0.29) is 0 Å². The molecule has 2 heterocycles. The zero-order valence-corrected chi connectivity index (χ0v) is 7.01. The Labute approximate surface area is 74.1 Å². The zero-order valence-electron chi connectivity index (χ0n) is 7.01. The molecule has 2 aliphatic rings. The average molecular weight is 180 g/mol. The topological polar surface area (TPSA) is 73.1 Å². The van der Waals surface area contributed by atoms with Gasteiger partial charge in [0.05, 0.1) is 6.61 Å². The minimum Gasteiger partial charge on any atom is -0.476 e. The lowest BCUT2D eigenvalue weighted by atomic mass is 10.4. The van der Waals surface area contributed by atoms with Gasteiger partial charge in [0.2, 0.25) is 11.7 Å². The molecule has 0 unspecified atom stereocenters. The van der Waals surface area contributed by atoms with E-state index in [4.69, 9.17) is 4.74 Å². The van der Waals surface area contributed by atoms with Gasteiger partial charge >= 0.3 is 0 Å². The Bertz CT molecular complexity index is 386. The molecule has 1 N–H and O–H groups in total. The van der Waals surface area contributed by atoms with Crippen LogP contribution in [0.25, 0.3) is 11.5 Å². The Hall–Kier alpha value is -1.85. The van der Waals surface area contributed by atoms with Crippen molar-refractivity contribution in [2.24, 2.45) is 0 Å². The standard InChI is InChI=1S/C7H8N4O2/c1-2-13-7-5-6(9-3-8-5)11(12)4-10-7/h3-4,12H,2H2,1H3. The number of imidazole rings is 1. The van der Waals surface area contributed by atoms with Gasteiger partial charge in [-0.1, -0.05) is 0 Å². The third-order valence-corrected chi connectivity index (χ3v) is 1.56. The number of rotatable bonds is 2. The van der Waals surface area contributed by atoms with Gasteiger partial charge in [0.15, 0.2) is 5.69 Å². The average Bonchev–Trinajstić information content (AvgIpc) is 2.59. The number of hydrogen-bond acceptors (Lipinski definition) is 5. The molecular formula is C7H8N4O2. The van der Waals surface area contributed by atoms with E-state index in [1.807, 2.05) is 6.92 Å². The van der Waals surface area contributed by atoms with Crippen LogP contribution in [-0.4, -0.2) is 31.5 Å². The van der Waals surface area contributed by atoms with Crippen molar-refractivity contribution in [2.45, 2.75) is 6.92 Å². The molecule has 0 atom stereocenters. The summed E-state index contributed by atoms with van der Waals surface area (Å²) in [4.78, 5) is 11.6. The van der Waals surface area contributed by atoms with Crippen molar-refractivity contribution in [1.82, 2.24) is 19.7 Å². The van der Waals surface area contributed by atoms with Crippen molar-refractivity contribution >= 4 is 0 Å². The van der Waals surface area contributed by atoms with E-state index in [2.05, 4.69) is 15.0 Å². The normalized spacial score (nSPS) is 10.5. The Balaban J connectivity index is 2.54. The summed E-state index contributed by atoms with van der Waals surface area (Å²) >= 11 is 0. The molecule has 0 aromatic rings. The molecule has 0 aliphatic carbocycles. The van der Waals surface area contributed by atoms with Crippen LogP contribution in [0.4, 0.5) is 0 Å². The van der Waals surface area contributed by atoms with Crippen molar-refractivity contribution in [3.63, 3.8) is 0 Å². The first-order valence-corrected chi connectivity index (χ1v) is 3.83. The van der Waals surface area contributed by atoms with Crippen LogP contribution in [0.3, 0.4) is 0 Å². The van der Waals surface area contributed by atoms with Gasteiger partial charge in [-0.05, 0) is 6.92 Å². The third kappa shape index (κ3) is 1.16. The predicted octanol–water partition coefficient (Wildman–Crippen LogP) is 0.414. The fraction of sp³-hybridized carbons (Fsp3) is 0.286. The van der Waals surface area contributed by atoms with Gasteiger partial charge in [-0.25, -0.2) is 9.97 Å². The lowest BCUT2D eigenvalue weighted by Gasteiger charge is -2.06. The van der Waals surface area contributed by atoms with Crippen LogP contribution in [-0.2, 0) is 0 Å². The highest BCUT2D eigenvalue weighted by atomic mass is 16.5. The summed E-state index contributed by atoms with van der Waals surface area (Å²) in [7, 11) is 0. The summed E-state index contributed by atoms with van der Waals surface area (Å²) in [6.45, 7) is 2.36. The molecule has 0 aromatic carbocycles. The summed E-state index contributed by atoms with van der Waals surface area (Å²) in [5.41, 5.74) is 0.465. The molecule has 0 radical (unpaired) electrons. The highest BCUT2D eigenvalue weighted by molar-refractivity contribution is 5.56. The second-order valence-corrected chi connectivity index (χ2v) is 2.37. The largest absolute Gasteiger partial charge is 0.476 e. The van der Waals surface area contributed by atoms with E-state index in [9.17, 15) is 5.21 Å². The van der Waals surface area contributed by atoms with Crippen LogP contribution >= 0.6 is 0 Å². The summed E-state index contributed by atoms with van der Waals surface area (Å²) in [6.07, 6.45) is 2.57. The van der Waals surface area contributed by atoms with E-state index in [0.717, 1.165) is 4.73 Å². The smallest absolute Gasteiger partial charge is 0.245 e. The molecule has 0 spiro atoms. The first-order chi connectivity index (χ1) is 6.33. The lowest BCUT2D eigenvalue weighted by Crippen LogP contribution is -2.05. The van der Waals surface area contributed by atoms with Crippen LogP contribution in [0.5, 0.6) is 5.88 Å². The molecule has 0 bridgehead atoms. The van der Waals surface area contributed by atoms with Gasteiger partial charge in [0.1, 0.15) is 12.7 Å². The van der Waals surface area contributed by atoms with E-state index >= 15 is 0 Å². The van der Waals surface area contributed by atoms with Crippen molar-refractivity contribution in [3.05, 3.63) is 12.7 Å². The second-order valence-electron chi connectivity index (χ2n) is 2.37. The Morgan fingerprint density at radius 2 is 2.31 bits per heavy atom. The minimum atomic E-state index is 0.346. The molecular weight excluding hydrogens is 172 g/mol. The maximum atomic E-state index is 9.25. The van der Waals surface area contributed by atoms with Gasteiger partial charge in [-0.15, -0.1) is 0 Å². The predicted molar refractivity (Wildman–Crippen MR) is 42.8 cm³/mol. The second kappa shape index (κ2) is 2.89. The number of ether oxygens (including phenoxy) is 1. The van der Waals surface area contributed by atoms with Crippen molar-refractivity contribution in [3.8, 4) is 17.4 Å². The molecule has 2 rings (SSSR count). The molecule has 13 heavy (non-hydrogen) atoms. The monoisotopic (exact) mass is 180 g/mol. The third-order valence-electron chi connectivity index (χ3n) is 1.56. The number of aromatic nitrogens is 4. The summed E-state index contributed by atoms with van der Waals surface area (Å²) < 4.78 is 6.00. The van der Waals surface area contributed by atoms with Crippen molar-refractivity contribution in [2.75, 3.05) is 6.61 Å². The highest BCUT2D eigenvalue weighted by Crippen LogP contribution is 2.24. The van der Waals surface area contributed by atoms with Gasteiger partial charge in [0, 0.05) is 0 Å². The fourth-order valence-corrected chi connectivity index (χ4v) is 1.04. The molecule has 0 fully saturated rings. The van der Waals surface area contributed by atoms with E-state index in [1.165, 1.54) is 12.7 Å². The molecule has 68 valence electrons. The number of nitrogens with zero attached hydrogens (tertiary/aromatic N) is 4. The Kier molecular flexibility index (Phi) is 1.73. The molecule has 6 heteroatoms. The minimum absolute atomic E-state index is 0.346. The number of fused-ring (bicyclic) bond motifs is 1. The molecule has 2 aliphatic heterocycles. The van der Waals surface area contributed by atoms with E-state index in [0.29, 0.717) is 24.0 Å². The SMILES string of the molecule is CCOc1ncn(O)c2ncnc1-2. The van der Waals surface area contributed by atoms with Gasteiger partial charge in [0.25, 0.3) is 0 Å². The van der Waals surface area contributed by atoms with Gasteiger partial charge in [-0.3, -0.25) is 0 Å². The van der Waals surface area contributed by atoms with E-state index < -0.39 is 0 Å². The van der Waals surface area contributed by atoms with Crippen LogP contribution in [0, 0.1) is 0 Å². The van der Waals surface area contributed by atoms with Crippen LogP contribution < -0.4 is 4.74 Å². The summed E-state index contributed by atoms with van der Waals surface area (Å²) in [5, 5.41) is 9.25. The molecule has 6 nitrogen and oxygen atoms in total. The number of hydrogen-bond donors (Lipinski definition) is 1. The molecule has 0 saturated heterocycles. The zero-order chi connectivity index (χ0) is 9.26.